The van der Waals surface area contributed by atoms with E-state index < -0.39 is 23.0 Å². The maximum atomic E-state index is 14.9. The summed E-state index contributed by atoms with van der Waals surface area (Å²) in [6, 6.07) is 14.8. The minimum absolute atomic E-state index is 0.00421. The third-order valence-corrected chi connectivity index (χ3v) is 6.60. The van der Waals surface area contributed by atoms with Crippen molar-refractivity contribution in [3.63, 3.8) is 0 Å². The summed E-state index contributed by atoms with van der Waals surface area (Å²) in [7, 11) is 0. The number of aryl methyl sites for hydroxylation is 1. The van der Waals surface area contributed by atoms with Crippen LogP contribution in [0.2, 0.25) is 0 Å². The molecule has 0 aliphatic carbocycles. The van der Waals surface area contributed by atoms with Crippen LogP contribution < -0.4 is 10.3 Å². The van der Waals surface area contributed by atoms with Crippen molar-refractivity contribution in [3.05, 3.63) is 122 Å². The van der Waals surface area contributed by atoms with Gasteiger partial charge in [0.15, 0.2) is 23.1 Å². The number of aromatic nitrogens is 3. The van der Waals surface area contributed by atoms with Crippen molar-refractivity contribution in [2.24, 2.45) is 0 Å². The van der Waals surface area contributed by atoms with Crippen LogP contribution in [0.3, 0.4) is 0 Å². The van der Waals surface area contributed by atoms with E-state index in [9.17, 15) is 18.4 Å². The van der Waals surface area contributed by atoms with Crippen LogP contribution in [0.5, 0.6) is 11.5 Å². The maximum absolute atomic E-state index is 14.9. The summed E-state index contributed by atoms with van der Waals surface area (Å²) in [4.78, 5) is 26.2. The van der Waals surface area contributed by atoms with Crippen LogP contribution in [0.15, 0.2) is 84.0 Å². The van der Waals surface area contributed by atoms with E-state index in [1.54, 1.807) is 42.0 Å². The second kappa shape index (κ2) is 9.65. The molecule has 2 aromatic carbocycles. The van der Waals surface area contributed by atoms with Gasteiger partial charge >= 0.3 is 0 Å². The summed E-state index contributed by atoms with van der Waals surface area (Å²) < 4.78 is 37.9. The van der Waals surface area contributed by atoms with Gasteiger partial charge in [0, 0.05) is 34.1 Å². The van der Waals surface area contributed by atoms with Crippen molar-refractivity contribution < 1.29 is 18.3 Å². The molecule has 9 heteroatoms. The summed E-state index contributed by atoms with van der Waals surface area (Å²) >= 11 is 2.15. The molecule has 0 saturated heterocycles. The molecule has 3 heterocycles. The topological polar surface area (TPSA) is 65.6 Å². The molecule has 5 aromatic rings. The molecule has 0 spiro atoms. The molecular formula is C27H18F2IN3O3. The van der Waals surface area contributed by atoms with E-state index >= 15 is 0 Å². The number of benzene rings is 2. The Labute approximate surface area is 217 Å². The Morgan fingerprint density at radius 1 is 1.00 bits per heavy atom. The molecule has 5 rings (SSSR count). The molecule has 0 N–H and O–H groups in total. The Morgan fingerprint density at radius 2 is 1.78 bits per heavy atom. The smallest absolute Gasteiger partial charge is 0.266 e. The highest BCUT2D eigenvalue weighted by atomic mass is 127. The van der Waals surface area contributed by atoms with Gasteiger partial charge in [-0.15, -0.1) is 0 Å². The number of Topliss-reactive ketones (excluding diaryl/α,β-unsaturated/α-hetero) is 1. The fraction of sp³-hybridized carbons (Fsp3) is 0.0741. The molecule has 0 atom stereocenters. The molecule has 0 radical (unpaired) electrons. The van der Waals surface area contributed by atoms with Crippen LogP contribution in [0.4, 0.5) is 8.78 Å². The van der Waals surface area contributed by atoms with Crippen molar-refractivity contribution in [1.82, 2.24) is 14.2 Å². The van der Waals surface area contributed by atoms with E-state index in [1.165, 1.54) is 47.2 Å². The zero-order chi connectivity index (χ0) is 25.4. The molecule has 180 valence electrons. The summed E-state index contributed by atoms with van der Waals surface area (Å²) in [6.45, 7) is 1.67. The number of nitrogens with zero attached hydrogens (tertiary/aromatic N) is 3. The van der Waals surface area contributed by atoms with Crippen LogP contribution in [-0.2, 0) is 6.42 Å². The number of carbonyl (C=O) groups is 1. The van der Waals surface area contributed by atoms with Crippen LogP contribution in [0, 0.1) is 22.1 Å². The van der Waals surface area contributed by atoms with Gasteiger partial charge in [0.25, 0.3) is 5.56 Å². The predicted octanol–water partition coefficient (Wildman–Crippen LogP) is 5.89. The molecule has 0 aliphatic heterocycles. The van der Waals surface area contributed by atoms with Crippen molar-refractivity contribution in [3.8, 4) is 17.2 Å². The van der Waals surface area contributed by atoms with E-state index in [1.807, 2.05) is 6.07 Å². The van der Waals surface area contributed by atoms with Gasteiger partial charge in [-0.3, -0.25) is 14.2 Å². The first-order valence-electron chi connectivity index (χ1n) is 10.9. The average molecular weight is 597 g/mol. The summed E-state index contributed by atoms with van der Waals surface area (Å²) in [5.41, 5.74) is 1.55. The number of fused-ring (bicyclic) bond motifs is 1. The van der Waals surface area contributed by atoms with Gasteiger partial charge in [-0.05, 0) is 89.2 Å². The molecule has 0 fully saturated rings. The van der Waals surface area contributed by atoms with E-state index in [2.05, 4.69) is 27.7 Å². The van der Waals surface area contributed by atoms with E-state index in [0.717, 1.165) is 3.57 Å². The third kappa shape index (κ3) is 4.53. The fourth-order valence-corrected chi connectivity index (χ4v) is 4.63. The molecule has 3 aromatic heterocycles. The third-order valence-electron chi connectivity index (χ3n) is 5.73. The number of hydrogen-bond donors (Lipinski definition) is 0. The molecule has 0 saturated carbocycles. The second-order valence-electron chi connectivity index (χ2n) is 8.14. The molecular weight excluding hydrogens is 579 g/mol. The lowest BCUT2D eigenvalue weighted by molar-refractivity contribution is 0.0990. The SMILES string of the molecule is Cc1ccn(-c2ccc(F)cc2)c(=O)c1C(=O)Cc1ccc(Oc2ccnn3ccc(I)c23)c(F)c1. The van der Waals surface area contributed by atoms with Gasteiger partial charge < -0.3 is 4.74 Å². The molecule has 0 aliphatic rings. The van der Waals surface area contributed by atoms with E-state index in [0.29, 0.717) is 28.1 Å². The van der Waals surface area contributed by atoms with Crippen LogP contribution in [0.25, 0.3) is 11.2 Å². The van der Waals surface area contributed by atoms with Crippen LogP contribution in [0.1, 0.15) is 21.5 Å². The van der Waals surface area contributed by atoms with Gasteiger partial charge in [-0.2, -0.15) is 5.10 Å². The molecule has 0 unspecified atom stereocenters. The zero-order valence-electron chi connectivity index (χ0n) is 18.9. The second-order valence-corrected chi connectivity index (χ2v) is 9.31. The molecule has 6 nitrogen and oxygen atoms in total. The number of pyridine rings is 1. The van der Waals surface area contributed by atoms with Crippen molar-refractivity contribution >= 4 is 33.9 Å². The van der Waals surface area contributed by atoms with Crippen molar-refractivity contribution in [1.29, 1.82) is 0 Å². The summed E-state index contributed by atoms with van der Waals surface area (Å²) in [6.07, 6.45) is 4.71. The van der Waals surface area contributed by atoms with E-state index in [-0.39, 0.29) is 17.7 Å². The number of rotatable bonds is 6. The number of halogens is 3. The minimum Gasteiger partial charge on any atom is -0.452 e. The lowest BCUT2D eigenvalue weighted by Gasteiger charge is -2.12. The average Bonchev–Trinajstić information content (AvgIpc) is 3.23. The summed E-state index contributed by atoms with van der Waals surface area (Å²) in [5, 5.41) is 4.20. The fourth-order valence-electron chi connectivity index (χ4n) is 3.96. The lowest BCUT2D eigenvalue weighted by atomic mass is 10.0. The lowest BCUT2D eigenvalue weighted by Crippen LogP contribution is -2.27. The Bertz CT molecular complexity index is 1680. The highest BCUT2D eigenvalue weighted by Gasteiger charge is 2.18. The summed E-state index contributed by atoms with van der Waals surface area (Å²) in [5.74, 6) is -1.05. The van der Waals surface area contributed by atoms with Crippen LogP contribution in [-0.4, -0.2) is 20.0 Å². The largest absolute Gasteiger partial charge is 0.452 e. The first-order valence-corrected chi connectivity index (χ1v) is 12.0. The predicted molar refractivity (Wildman–Crippen MR) is 139 cm³/mol. The Hall–Kier alpha value is -3.86. The maximum Gasteiger partial charge on any atom is 0.266 e. The number of ketones is 1. The molecule has 0 bridgehead atoms. The normalized spacial score (nSPS) is 11.1. The van der Waals surface area contributed by atoms with Gasteiger partial charge in [0.1, 0.15) is 11.3 Å². The highest BCUT2D eigenvalue weighted by molar-refractivity contribution is 14.1. The van der Waals surface area contributed by atoms with Gasteiger partial charge in [0.05, 0.1) is 11.8 Å². The monoisotopic (exact) mass is 597 g/mol. The highest BCUT2D eigenvalue weighted by Crippen LogP contribution is 2.31. The number of hydrogen-bond acceptors (Lipinski definition) is 4. The Balaban J connectivity index is 1.40. The van der Waals surface area contributed by atoms with E-state index in [4.69, 9.17) is 4.74 Å². The Morgan fingerprint density at radius 3 is 2.53 bits per heavy atom. The Kier molecular flexibility index (Phi) is 6.40. The number of carbonyl (C=O) groups excluding carboxylic acids is 1. The van der Waals surface area contributed by atoms with Gasteiger partial charge in [0.2, 0.25) is 0 Å². The molecule has 0 amide bonds. The molecule has 36 heavy (non-hydrogen) atoms. The van der Waals surface area contributed by atoms with Crippen molar-refractivity contribution in [2.75, 3.05) is 0 Å². The first kappa shape index (κ1) is 23.9. The number of ether oxygens (including phenoxy) is 1. The van der Waals surface area contributed by atoms with Gasteiger partial charge in [-0.25, -0.2) is 13.3 Å². The standard InChI is InChI=1S/C27H18F2IN3O3/c1-16-9-12-32(19-5-3-18(28)4-6-19)27(35)25(16)22(34)15-17-2-7-23(20(29)14-17)36-24-8-11-31-33-13-10-21(30)26(24)33/h2-14H,15H2,1H3. The minimum atomic E-state index is -0.634. The zero-order valence-corrected chi connectivity index (χ0v) is 21.1. The van der Waals surface area contributed by atoms with Crippen molar-refractivity contribution in [2.45, 2.75) is 13.3 Å². The quantitative estimate of drug-likeness (QED) is 0.181. The first-order chi connectivity index (χ1) is 17.3. The van der Waals surface area contributed by atoms with Gasteiger partial charge in [-0.1, -0.05) is 6.07 Å². The van der Waals surface area contributed by atoms with Crippen LogP contribution >= 0.6 is 22.6 Å².